The molecule has 0 atom stereocenters. The lowest BCUT2D eigenvalue weighted by Gasteiger charge is -2.23. The molecule has 3 rings (SSSR count). The molecule has 0 bridgehead atoms. The van der Waals surface area contributed by atoms with Crippen LogP contribution in [0.4, 0.5) is 11.4 Å². The van der Waals surface area contributed by atoms with E-state index in [1.54, 1.807) is 24.3 Å². The van der Waals surface area contributed by atoms with Crippen LogP contribution in [0.2, 0.25) is 0 Å². The van der Waals surface area contributed by atoms with Gasteiger partial charge in [0.1, 0.15) is 11.5 Å². The molecule has 6 nitrogen and oxygen atoms in total. The van der Waals surface area contributed by atoms with Crippen LogP contribution in [0.25, 0.3) is 0 Å². The number of rotatable bonds is 5. The Labute approximate surface area is 152 Å². The van der Waals surface area contributed by atoms with Crippen LogP contribution >= 0.6 is 0 Å². The van der Waals surface area contributed by atoms with Gasteiger partial charge in [-0.1, -0.05) is 12.1 Å². The lowest BCUT2D eigenvalue weighted by atomic mass is 10.1. The molecule has 2 aromatic carbocycles. The minimum Gasteiger partial charge on any atom is -0.494 e. The van der Waals surface area contributed by atoms with Crippen LogP contribution in [0.15, 0.2) is 53.6 Å². The molecule has 6 heteroatoms. The summed E-state index contributed by atoms with van der Waals surface area (Å²) in [6.45, 7) is 4.45. The topological polar surface area (TPSA) is 71.0 Å². The van der Waals surface area contributed by atoms with Crippen molar-refractivity contribution in [3.63, 3.8) is 0 Å². The largest absolute Gasteiger partial charge is 0.494 e. The number of nitrogens with zero attached hydrogens (tertiary/aromatic N) is 2. The van der Waals surface area contributed by atoms with Crippen LogP contribution in [-0.2, 0) is 9.59 Å². The molecule has 2 aromatic rings. The molecule has 26 heavy (non-hydrogen) atoms. The second kappa shape index (κ2) is 7.82. The summed E-state index contributed by atoms with van der Waals surface area (Å²) in [6.07, 6.45) is 0.577. The summed E-state index contributed by atoms with van der Waals surface area (Å²) in [6, 6.07) is 14.6. The lowest BCUT2D eigenvalue weighted by Crippen LogP contribution is -2.36. The number of ether oxygens (including phenoxy) is 1. The van der Waals surface area contributed by atoms with Crippen LogP contribution in [-0.4, -0.2) is 24.1 Å². The maximum atomic E-state index is 12.5. The maximum Gasteiger partial charge on any atom is 0.271 e. The van der Waals surface area contributed by atoms with Crippen molar-refractivity contribution in [3.05, 3.63) is 54.1 Å². The molecule has 2 amide bonds. The average Bonchev–Trinajstić information content (AvgIpc) is 2.64. The molecule has 1 heterocycles. The Morgan fingerprint density at radius 3 is 2.65 bits per heavy atom. The molecule has 0 fully saturated rings. The maximum absolute atomic E-state index is 12.5. The highest BCUT2D eigenvalue weighted by Gasteiger charge is 2.25. The van der Waals surface area contributed by atoms with Crippen molar-refractivity contribution < 1.29 is 14.3 Å². The third-order valence-corrected chi connectivity index (χ3v) is 3.96. The van der Waals surface area contributed by atoms with Gasteiger partial charge in [-0.2, -0.15) is 5.10 Å². The Kier molecular flexibility index (Phi) is 5.31. The number of aryl methyl sites for hydroxylation is 1. The van der Waals surface area contributed by atoms with Crippen LogP contribution in [0.5, 0.6) is 5.75 Å². The third-order valence-electron chi connectivity index (χ3n) is 3.96. The van der Waals surface area contributed by atoms with Gasteiger partial charge in [-0.15, -0.1) is 0 Å². The monoisotopic (exact) mass is 351 g/mol. The van der Waals surface area contributed by atoms with E-state index in [9.17, 15) is 9.59 Å². The smallest absolute Gasteiger partial charge is 0.271 e. The molecule has 0 saturated carbocycles. The number of hydrogen-bond acceptors (Lipinski definition) is 4. The van der Waals surface area contributed by atoms with E-state index in [1.165, 1.54) is 5.01 Å². The van der Waals surface area contributed by atoms with Crippen LogP contribution < -0.4 is 15.1 Å². The van der Waals surface area contributed by atoms with Gasteiger partial charge in [-0.3, -0.25) is 9.59 Å². The number of nitrogens with one attached hydrogen (secondary N) is 1. The van der Waals surface area contributed by atoms with Crippen molar-refractivity contribution >= 4 is 28.9 Å². The van der Waals surface area contributed by atoms with Gasteiger partial charge in [-0.25, -0.2) is 5.01 Å². The molecule has 0 radical (unpaired) electrons. The zero-order valence-corrected chi connectivity index (χ0v) is 14.9. The Morgan fingerprint density at radius 1 is 1.19 bits per heavy atom. The first-order valence-corrected chi connectivity index (χ1v) is 8.58. The molecule has 0 saturated heterocycles. The number of carbonyl (C=O) groups is 2. The van der Waals surface area contributed by atoms with E-state index >= 15 is 0 Å². The van der Waals surface area contributed by atoms with Crippen molar-refractivity contribution in [1.82, 2.24) is 0 Å². The first-order chi connectivity index (χ1) is 12.6. The molecule has 0 aromatic heterocycles. The highest BCUT2D eigenvalue weighted by atomic mass is 16.5. The van der Waals surface area contributed by atoms with E-state index in [0.29, 0.717) is 30.1 Å². The van der Waals surface area contributed by atoms with E-state index in [0.717, 1.165) is 11.3 Å². The molecule has 134 valence electrons. The Hall–Kier alpha value is -3.15. The van der Waals surface area contributed by atoms with Gasteiger partial charge in [0.05, 0.1) is 12.3 Å². The first-order valence-electron chi connectivity index (χ1n) is 8.58. The fraction of sp³-hybridized carbons (Fsp3) is 0.250. The summed E-state index contributed by atoms with van der Waals surface area (Å²) in [7, 11) is 0. The molecule has 0 spiro atoms. The van der Waals surface area contributed by atoms with Gasteiger partial charge < -0.3 is 10.1 Å². The normalized spacial score (nSPS) is 14.0. The molecular formula is C20H21N3O3. The van der Waals surface area contributed by atoms with Crippen molar-refractivity contribution in [2.75, 3.05) is 16.9 Å². The highest BCUT2D eigenvalue weighted by Crippen LogP contribution is 2.22. The van der Waals surface area contributed by atoms with Crippen molar-refractivity contribution in [2.24, 2.45) is 5.10 Å². The summed E-state index contributed by atoms with van der Waals surface area (Å²) >= 11 is 0. The fourth-order valence-corrected chi connectivity index (χ4v) is 2.68. The van der Waals surface area contributed by atoms with E-state index in [2.05, 4.69) is 10.4 Å². The summed E-state index contributed by atoms with van der Waals surface area (Å²) < 4.78 is 5.39. The second-order valence-electron chi connectivity index (χ2n) is 6.00. The van der Waals surface area contributed by atoms with Gasteiger partial charge in [0.15, 0.2) is 0 Å². The quantitative estimate of drug-likeness (QED) is 0.896. The van der Waals surface area contributed by atoms with Gasteiger partial charge >= 0.3 is 0 Å². The summed E-state index contributed by atoms with van der Waals surface area (Å²) in [5.41, 5.74) is 2.68. The standard InChI is InChI=1S/C20H21N3O3/c1-3-26-17-9-7-15(8-10-17)21-20(25)18-11-12-19(24)23(22-18)16-6-4-5-14(2)13-16/h4-10,13H,3,11-12H2,1-2H3,(H,21,25). The van der Waals surface area contributed by atoms with Crippen molar-refractivity contribution in [3.8, 4) is 5.75 Å². The summed E-state index contributed by atoms with van der Waals surface area (Å²) in [5.74, 6) is 0.323. The Morgan fingerprint density at radius 2 is 1.96 bits per heavy atom. The molecule has 0 unspecified atom stereocenters. The Bertz CT molecular complexity index is 844. The zero-order valence-electron chi connectivity index (χ0n) is 14.9. The molecule has 1 aliphatic heterocycles. The molecular weight excluding hydrogens is 330 g/mol. The Balaban J connectivity index is 1.75. The lowest BCUT2D eigenvalue weighted by molar-refractivity contribution is -0.118. The number of hydrazone groups is 1. The summed E-state index contributed by atoms with van der Waals surface area (Å²) in [4.78, 5) is 24.7. The average molecular weight is 351 g/mol. The van der Waals surface area contributed by atoms with E-state index in [1.807, 2.05) is 38.1 Å². The number of benzene rings is 2. The van der Waals surface area contributed by atoms with Crippen LogP contribution in [0, 0.1) is 6.92 Å². The predicted octanol–water partition coefficient (Wildman–Crippen LogP) is 3.52. The van der Waals surface area contributed by atoms with Crippen molar-refractivity contribution in [2.45, 2.75) is 26.7 Å². The van der Waals surface area contributed by atoms with E-state index < -0.39 is 0 Å². The number of anilines is 2. The SMILES string of the molecule is CCOc1ccc(NC(=O)C2=NN(c3cccc(C)c3)C(=O)CC2)cc1. The number of carbonyl (C=O) groups excluding carboxylic acids is 2. The molecule has 0 aliphatic carbocycles. The zero-order chi connectivity index (χ0) is 18.5. The summed E-state index contributed by atoms with van der Waals surface area (Å²) in [5, 5.41) is 8.41. The minimum absolute atomic E-state index is 0.117. The van der Waals surface area contributed by atoms with Gasteiger partial charge in [0.25, 0.3) is 5.91 Å². The fourth-order valence-electron chi connectivity index (χ4n) is 2.68. The third kappa shape index (κ3) is 4.08. The molecule has 1 N–H and O–H groups in total. The molecule has 1 aliphatic rings. The highest BCUT2D eigenvalue weighted by molar-refractivity contribution is 6.44. The van der Waals surface area contributed by atoms with E-state index in [4.69, 9.17) is 4.74 Å². The minimum atomic E-state index is -0.306. The second-order valence-corrected chi connectivity index (χ2v) is 6.00. The van der Waals surface area contributed by atoms with Gasteiger partial charge in [0, 0.05) is 18.5 Å². The van der Waals surface area contributed by atoms with E-state index in [-0.39, 0.29) is 18.2 Å². The van der Waals surface area contributed by atoms with Gasteiger partial charge in [-0.05, 0) is 55.8 Å². The number of amides is 2. The predicted molar refractivity (Wildman–Crippen MR) is 102 cm³/mol. The van der Waals surface area contributed by atoms with Crippen LogP contribution in [0.1, 0.15) is 25.3 Å². The van der Waals surface area contributed by atoms with Gasteiger partial charge in [0.2, 0.25) is 5.91 Å². The van der Waals surface area contributed by atoms with Crippen LogP contribution in [0.3, 0.4) is 0 Å². The first kappa shape index (κ1) is 17.7. The van der Waals surface area contributed by atoms with Crippen molar-refractivity contribution in [1.29, 1.82) is 0 Å². The number of hydrogen-bond donors (Lipinski definition) is 1.